The van der Waals surface area contributed by atoms with Crippen LogP contribution in [-0.4, -0.2) is 58.6 Å². The molecular weight excluding hydrogens is 380 g/mol. The number of nitrogens with zero attached hydrogens (tertiary/aromatic N) is 4. The predicted molar refractivity (Wildman–Crippen MR) is 103 cm³/mol. The number of anilines is 1. The topological polar surface area (TPSA) is 78.4 Å². The highest BCUT2D eigenvalue weighted by molar-refractivity contribution is 5.64. The second-order valence-corrected chi connectivity index (χ2v) is 8.48. The normalized spacial score (nSPS) is 26.8. The van der Waals surface area contributed by atoms with Crippen molar-refractivity contribution in [3.8, 4) is 17.0 Å². The first-order valence-electron chi connectivity index (χ1n) is 10.0. The van der Waals surface area contributed by atoms with Crippen molar-refractivity contribution in [3.05, 3.63) is 24.0 Å². The molecular formula is C20H25F2N5O2. The Morgan fingerprint density at radius 3 is 2.52 bits per heavy atom. The summed E-state index contributed by atoms with van der Waals surface area (Å²) >= 11 is 0. The first-order valence-corrected chi connectivity index (χ1v) is 10.0. The number of rotatable bonds is 6. The van der Waals surface area contributed by atoms with Gasteiger partial charge in [-0.2, -0.15) is 13.9 Å². The summed E-state index contributed by atoms with van der Waals surface area (Å²) in [5.41, 5.74) is 8.20. The van der Waals surface area contributed by atoms with Crippen LogP contribution in [0.5, 0.6) is 5.75 Å². The van der Waals surface area contributed by atoms with E-state index in [-0.39, 0.29) is 17.6 Å². The average molecular weight is 405 g/mol. The van der Waals surface area contributed by atoms with Crippen molar-refractivity contribution in [2.24, 2.45) is 11.8 Å². The van der Waals surface area contributed by atoms with Gasteiger partial charge in [0.2, 0.25) is 0 Å². The number of nitrogen functional groups attached to an aromatic ring is 1. The Bertz CT molecular complexity index is 902. The SMILES string of the molecule is CC(C)n1nc(-c2cnc(N)c(OC(F)F)c2)cc1[C@@H]1[C@@H]2CN(C3COC3)C[C@@H]21. The van der Waals surface area contributed by atoms with E-state index < -0.39 is 6.61 Å². The van der Waals surface area contributed by atoms with Gasteiger partial charge in [-0.25, -0.2) is 4.98 Å². The number of hydrogen-bond donors (Lipinski definition) is 1. The molecule has 0 aromatic carbocycles. The highest BCUT2D eigenvalue weighted by Crippen LogP contribution is 2.59. The van der Waals surface area contributed by atoms with Crippen molar-refractivity contribution in [3.63, 3.8) is 0 Å². The van der Waals surface area contributed by atoms with Gasteiger partial charge in [0, 0.05) is 42.5 Å². The zero-order valence-electron chi connectivity index (χ0n) is 16.5. The lowest BCUT2D eigenvalue weighted by atomic mass is 10.1. The molecule has 0 bridgehead atoms. The van der Waals surface area contributed by atoms with Crippen molar-refractivity contribution >= 4 is 5.82 Å². The Labute approximate surface area is 167 Å². The fraction of sp³-hybridized carbons (Fsp3) is 0.600. The Morgan fingerprint density at radius 2 is 1.93 bits per heavy atom. The molecule has 2 N–H and O–H groups in total. The monoisotopic (exact) mass is 405 g/mol. The van der Waals surface area contributed by atoms with E-state index >= 15 is 0 Å². The molecule has 29 heavy (non-hydrogen) atoms. The highest BCUT2D eigenvalue weighted by atomic mass is 19.3. The molecule has 7 nitrogen and oxygen atoms in total. The van der Waals surface area contributed by atoms with E-state index in [0.717, 1.165) is 26.3 Å². The van der Waals surface area contributed by atoms with E-state index in [1.165, 1.54) is 11.8 Å². The van der Waals surface area contributed by atoms with Gasteiger partial charge in [-0.15, -0.1) is 0 Å². The summed E-state index contributed by atoms with van der Waals surface area (Å²) in [4.78, 5) is 6.55. The average Bonchev–Trinajstić information content (AvgIpc) is 2.96. The van der Waals surface area contributed by atoms with Crippen molar-refractivity contribution in [1.82, 2.24) is 19.7 Å². The summed E-state index contributed by atoms with van der Waals surface area (Å²) in [5, 5.41) is 4.76. The molecule has 3 atom stereocenters. The fourth-order valence-corrected chi connectivity index (χ4v) is 4.73. The Hall–Kier alpha value is -2.26. The van der Waals surface area contributed by atoms with Crippen LogP contribution in [0.2, 0.25) is 0 Å². The van der Waals surface area contributed by atoms with Crippen LogP contribution in [0.1, 0.15) is 31.5 Å². The predicted octanol–water partition coefficient (Wildman–Crippen LogP) is 2.75. The minimum Gasteiger partial charge on any atom is -0.431 e. The second-order valence-electron chi connectivity index (χ2n) is 8.48. The van der Waals surface area contributed by atoms with Crippen LogP contribution in [0.25, 0.3) is 11.3 Å². The number of fused-ring (bicyclic) bond motifs is 1. The molecule has 2 aromatic rings. The van der Waals surface area contributed by atoms with Crippen molar-refractivity contribution in [1.29, 1.82) is 0 Å². The van der Waals surface area contributed by atoms with Crippen molar-refractivity contribution < 1.29 is 18.3 Å². The summed E-state index contributed by atoms with van der Waals surface area (Å²) in [6.45, 7) is 5.17. The summed E-state index contributed by atoms with van der Waals surface area (Å²) in [6.07, 6.45) is 1.55. The maximum atomic E-state index is 12.6. The summed E-state index contributed by atoms with van der Waals surface area (Å²) < 4.78 is 37.1. The van der Waals surface area contributed by atoms with Crippen LogP contribution in [0.4, 0.5) is 14.6 Å². The van der Waals surface area contributed by atoms with Crippen LogP contribution < -0.4 is 10.5 Å². The van der Waals surface area contributed by atoms with Crippen LogP contribution in [-0.2, 0) is 4.74 Å². The smallest absolute Gasteiger partial charge is 0.387 e. The number of ether oxygens (including phenoxy) is 2. The minimum atomic E-state index is -2.95. The molecule has 0 radical (unpaired) electrons. The fourth-order valence-electron chi connectivity index (χ4n) is 4.73. The third-order valence-electron chi connectivity index (χ3n) is 6.35. The minimum absolute atomic E-state index is 0.0608. The van der Waals surface area contributed by atoms with E-state index in [9.17, 15) is 8.78 Å². The van der Waals surface area contributed by atoms with E-state index in [0.29, 0.717) is 35.1 Å². The van der Waals surface area contributed by atoms with Crippen LogP contribution in [0.15, 0.2) is 18.3 Å². The van der Waals surface area contributed by atoms with E-state index in [1.54, 1.807) is 6.20 Å². The third-order valence-corrected chi connectivity index (χ3v) is 6.35. The lowest BCUT2D eigenvalue weighted by molar-refractivity contribution is -0.0610. The van der Waals surface area contributed by atoms with E-state index in [4.69, 9.17) is 15.6 Å². The molecule has 4 heterocycles. The number of nitrogens with two attached hydrogens (primary N) is 1. The third kappa shape index (κ3) is 3.26. The number of aromatic nitrogens is 3. The summed E-state index contributed by atoms with van der Waals surface area (Å²) in [5.74, 6) is 1.61. The lowest BCUT2D eigenvalue weighted by Crippen LogP contribution is -2.48. The van der Waals surface area contributed by atoms with Gasteiger partial charge >= 0.3 is 6.61 Å². The molecule has 1 aliphatic carbocycles. The maximum absolute atomic E-state index is 12.6. The van der Waals surface area contributed by atoms with Gasteiger partial charge < -0.3 is 15.2 Å². The number of pyridine rings is 1. The molecule has 0 unspecified atom stereocenters. The summed E-state index contributed by atoms with van der Waals surface area (Å²) in [7, 11) is 0. The molecule has 0 spiro atoms. The van der Waals surface area contributed by atoms with Gasteiger partial charge in [0.15, 0.2) is 11.6 Å². The standard InChI is InChI=1S/C20H25F2N5O2/c1-10(2)27-16(18-13-6-26(7-14(13)18)12-8-28-9-12)4-15(25-27)11-3-17(29-20(21)22)19(23)24-5-11/h3-5,10,12-14,18,20H,6-9H2,1-2H3,(H2,23,24)/t13-,14+,18-. The largest absolute Gasteiger partial charge is 0.431 e. The van der Waals surface area contributed by atoms with Crippen LogP contribution >= 0.6 is 0 Å². The Balaban J connectivity index is 1.40. The summed E-state index contributed by atoms with van der Waals surface area (Å²) in [6, 6.07) is 4.34. The number of likely N-dealkylation sites (tertiary alicyclic amines) is 1. The zero-order valence-corrected chi connectivity index (χ0v) is 16.5. The van der Waals surface area contributed by atoms with Gasteiger partial charge in [-0.1, -0.05) is 0 Å². The number of hydrogen-bond acceptors (Lipinski definition) is 6. The van der Waals surface area contributed by atoms with Gasteiger partial charge in [0.25, 0.3) is 0 Å². The molecule has 156 valence electrons. The lowest BCUT2D eigenvalue weighted by Gasteiger charge is -2.35. The first-order chi connectivity index (χ1) is 13.9. The second kappa shape index (κ2) is 6.91. The number of halogens is 2. The van der Waals surface area contributed by atoms with E-state index in [2.05, 4.69) is 39.2 Å². The van der Waals surface area contributed by atoms with Crippen molar-refractivity contribution in [2.75, 3.05) is 32.0 Å². The number of alkyl halides is 2. The molecule has 9 heteroatoms. The van der Waals surface area contributed by atoms with Gasteiger partial charge in [0.1, 0.15) is 0 Å². The van der Waals surface area contributed by atoms with Gasteiger partial charge in [-0.3, -0.25) is 9.58 Å². The van der Waals surface area contributed by atoms with Crippen LogP contribution in [0, 0.1) is 11.8 Å². The Morgan fingerprint density at radius 1 is 1.21 bits per heavy atom. The van der Waals surface area contributed by atoms with Crippen LogP contribution in [0.3, 0.4) is 0 Å². The quantitative estimate of drug-likeness (QED) is 0.796. The maximum Gasteiger partial charge on any atom is 0.387 e. The van der Waals surface area contributed by atoms with Crippen molar-refractivity contribution in [2.45, 2.75) is 38.5 Å². The molecule has 3 aliphatic rings. The first kappa shape index (κ1) is 18.7. The molecule has 3 fully saturated rings. The molecule has 2 aromatic heterocycles. The zero-order chi connectivity index (χ0) is 20.3. The van der Waals surface area contributed by atoms with E-state index in [1.807, 2.05) is 0 Å². The van der Waals surface area contributed by atoms with Gasteiger partial charge in [-0.05, 0) is 37.8 Å². The number of piperidine rings is 1. The molecule has 1 saturated carbocycles. The highest BCUT2D eigenvalue weighted by Gasteiger charge is 2.58. The Kier molecular flexibility index (Phi) is 4.47. The molecule has 2 saturated heterocycles. The van der Waals surface area contributed by atoms with Gasteiger partial charge in [0.05, 0.1) is 24.9 Å². The molecule has 0 amide bonds. The molecule has 2 aliphatic heterocycles. The molecule has 5 rings (SSSR count).